The van der Waals surface area contributed by atoms with E-state index in [1.54, 1.807) is 24.3 Å². The maximum atomic E-state index is 11.9. The summed E-state index contributed by atoms with van der Waals surface area (Å²) in [4.78, 5) is 26.3. The van der Waals surface area contributed by atoms with E-state index in [4.69, 9.17) is 10.8 Å². The number of fused-ring (bicyclic) bond motifs is 1. The van der Waals surface area contributed by atoms with Crippen LogP contribution in [0, 0.1) is 0 Å². The van der Waals surface area contributed by atoms with Gasteiger partial charge in [0.05, 0.1) is 6.42 Å². The Bertz CT molecular complexity index is 640. The van der Waals surface area contributed by atoms with Gasteiger partial charge in [0.15, 0.2) is 0 Å². The molecule has 4 N–H and O–H groups in total. The number of amides is 1. The first-order chi connectivity index (χ1) is 9.08. The predicted octanol–water partition coefficient (Wildman–Crippen LogP) is 1.02. The summed E-state index contributed by atoms with van der Waals surface area (Å²) in [6.07, 6.45) is 1.40. The summed E-state index contributed by atoms with van der Waals surface area (Å²) in [6.45, 7) is 0.0706. The monoisotopic (exact) mass is 259 g/mol. The van der Waals surface area contributed by atoms with E-state index in [1.165, 1.54) is 6.20 Å². The van der Waals surface area contributed by atoms with Crippen LogP contribution in [0.5, 0.6) is 0 Å². The van der Waals surface area contributed by atoms with Gasteiger partial charge in [-0.15, -0.1) is 0 Å². The molecule has 0 spiro atoms. The molecule has 0 saturated heterocycles. The topological polar surface area (TPSA) is 105 Å². The molecule has 1 amide bonds. The predicted molar refractivity (Wildman–Crippen MR) is 70.7 cm³/mol. The van der Waals surface area contributed by atoms with Crippen molar-refractivity contribution in [1.29, 1.82) is 0 Å². The Morgan fingerprint density at radius 1 is 1.32 bits per heavy atom. The molecule has 0 aliphatic carbocycles. The Hall–Kier alpha value is -2.63. The van der Waals surface area contributed by atoms with Crippen LogP contribution in [0.25, 0.3) is 10.8 Å². The number of hydrogen-bond acceptors (Lipinski definition) is 4. The van der Waals surface area contributed by atoms with E-state index in [1.807, 2.05) is 0 Å². The Morgan fingerprint density at radius 2 is 2.11 bits per heavy atom. The summed E-state index contributed by atoms with van der Waals surface area (Å²) in [5, 5.41) is 12.5. The molecule has 0 fully saturated rings. The van der Waals surface area contributed by atoms with Crippen molar-refractivity contribution in [1.82, 2.24) is 10.3 Å². The van der Waals surface area contributed by atoms with Gasteiger partial charge in [0.25, 0.3) is 5.91 Å². The van der Waals surface area contributed by atoms with E-state index in [0.29, 0.717) is 11.1 Å². The summed E-state index contributed by atoms with van der Waals surface area (Å²) in [5.74, 6) is -1.35. The first-order valence-electron chi connectivity index (χ1n) is 5.72. The minimum absolute atomic E-state index is 0.0706. The molecule has 0 atom stereocenters. The number of carboxylic acids is 1. The van der Waals surface area contributed by atoms with Gasteiger partial charge < -0.3 is 16.2 Å². The van der Waals surface area contributed by atoms with E-state index < -0.39 is 11.9 Å². The summed E-state index contributed by atoms with van der Waals surface area (Å²) in [5.41, 5.74) is 6.55. The van der Waals surface area contributed by atoms with Crippen molar-refractivity contribution in [3.8, 4) is 0 Å². The van der Waals surface area contributed by atoms with Gasteiger partial charge in [-0.3, -0.25) is 14.6 Å². The zero-order valence-electron chi connectivity index (χ0n) is 10.1. The van der Waals surface area contributed by atoms with Crippen LogP contribution in [0.3, 0.4) is 0 Å². The SMILES string of the molecule is Nc1ccc2c(C(=O)NCCC(=O)O)nccc2c1. The number of benzene rings is 1. The quantitative estimate of drug-likeness (QED) is 0.711. The second-order valence-corrected chi connectivity index (χ2v) is 4.04. The molecule has 2 aromatic rings. The Morgan fingerprint density at radius 3 is 2.84 bits per heavy atom. The highest BCUT2D eigenvalue weighted by Gasteiger charge is 2.11. The maximum absolute atomic E-state index is 11.9. The standard InChI is InChI=1S/C13H13N3O3/c14-9-1-2-10-8(7-9)3-5-15-12(10)13(19)16-6-4-11(17)18/h1-3,5,7H,4,6,14H2,(H,16,19)(H,17,18). The number of aromatic nitrogens is 1. The summed E-state index contributed by atoms with van der Waals surface area (Å²) < 4.78 is 0. The Kier molecular flexibility index (Phi) is 3.61. The molecule has 1 aromatic heterocycles. The number of pyridine rings is 1. The van der Waals surface area contributed by atoms with Crippen molar-refractivity contribution in [2.45, 2.75) is 6.42 Å². The lowest BCUT2D eigenvalue weighted by atomic mass is 10.1. The third kappa shape index (κ3) is 2.98. The number of nitrogens with zero attached hydrogens (tertiary/aromatic N) is 1. The highest BCUT2D eigenvalue weighted by molar-refractivity contribution is 6.05. The zero-order chi connectivity index (χ0) is 13.8. The molecular weight excluding hydrogens is 246 g/mol. The molecule has 0 bridgehead atoms. The van der Waals surface area contributed by atoms with E-state index >= 15 is 0 Å². The minimum Gasteiger partial charge on any atom is -0.481 e. The molecule has 1 heterocycles. The van der Waals surface area contributed by atoms with Crippen molar-refractivity contribution < 1.29 is 14.7 Å². The summed E-state index contributed by atoms with van der Waals surface area (Å²) in [7, 11) is 0. The maximum Gasteiger partial charge on any atom is 0.305 e. The van der Waals surface area contributed by atoms with Crippen LogP contribution in [0.15, 0.2) is 30.5 Å². The first-order valence-corrected chi connectivity index (χ1v) is 5.72. The third-order valence-corrected chi connectivity index (χ3v) is 2.63. The zero-order valence-corrected chi connectivity index (χ0v) is 10.1. The van der Waals surface area contributed by atoms with Crippen molar-refractivity contribution in [3.05, 3.63) is 36.2 Å². The number of rotatable bonds is 4. The molecule has 2 rings (SSSR count). The molecule has 0 saturated carbocycles. The summed E-state index contributed by atoms with van der Waals surface area (Å²) in [6, 6.07) is 6.94. The van der Waals surface area contributed by atoms with Crippen molar-refractivity contribution >= 4 is 28.3 Å². The smallest absolute Gasteiger partial charge is 0.305 e. The highest BCUT2D eigenvalue weighted by Crippen LogP contribution is 2.19. The number of nitrogens with one attached hydrogen (secondary N) is 1. The first kappa shape index (κ1) is 12.8. The third-order valence-electron chi connectivity index (χ3n) is 2.63. The molecule has 1 aromatic carbocycles. The second-order valence-electron chi connectivity index (χ2n) is 4.04. The fourth-order valence-corrected chi connectivity index (χ4v) is 1.74. The highest BCUT2D eigenvalue weighted by atomic mass is 16.4. The van der Waals surface area contributed by atoms with Crippen LogP contribution >= 0.6 is 0 Å². The fourth-order valence-electron chi connectivity index (χ4n) is 1.74. The lowest BCUT2D eigenvalue weighted by Gasteiger charge is -2.06. The van der Waals surface area contributed by atoms with Gasteiger partial charge in [-0.25, -0.2) is 0 Å². The van der Waals surface area contributed by atoms with Crippen LogP contribution < -0.4 is 11.1 Å². The largest absolute Gasteiger partial charge is 0.481 e. The van der Waals surface area contributed by atoms with Gasteiger partial charge in [0.1, 0.15) is 5.69 Å². The van der Waals surface area contributed by atoms with E-state index in [9.17, 15) is 9.59 Å². The van der Waals surface area contributed by atoms with Crippen molar-refractivity contribution in [2.75, 3.05) is 12.3 Å². The fraction of sp³-hybridized carbons (Fsp3) is 0.154. The molecule has 0 radical (unpaired) electrons. The molecule has 6 heteroatoms. The van der Waals surface area contributed by atoms with Gasteiger partial charge in [-0.2, -0.15) is 0 Å². The van der Waals surface area contributed by atoms with E-state index in [0.717, 1.165) is 5.39 Å². The number of anilines is 1. The average molecular weight is 259 g/mol. The van der Waals surface area contributed by atoms with Gasteiger partial charge in [0.2, 0.25) is 0 Å². The lowest BCUT2D eigenvalue weighted by Crippen LogP contribution is -2.27. The summed E-state index contributed by atoms with van der Waals surface area (Å²) >= 11 is 0. The number of hydrogen-bond donors (Lipinski definition) is 3. The normalized spacial score (nSPS) is 10.3. The lowest BCUT2D eigenvalue weighted by molar-refractivity contribution is -0.136. The molecule has 0 aliphatic rings. The number of carboxylic acid groups (broad SMARTS) is 1. The van der Waals surface area contributed by atoms with Gasteiger partial charge in [0, 0.05) is 23.8 Å². The molecular formula is C13H13N3O3. The van der Waals surface area contributed by atoms with Gasteiger partial charge in [-0.1, -0.05) is 0 Å². The number of nitrogen functional groups attached to an aromatic ring is 1. The van der Waals surface area contributed by atoms with Crippen LogP contribution in [0.2, 0.25) is 0 Å². The van der Waals surface area contributed by atoms with Crippen LogP contribution in [-0.2, 0) is 4.79 Å². The number of carbonyl (C=O) groups is 2. The van der Waals surface area contributed by atoms with Gasteiger partial charge in [-0.05, 0) is 29.7 Å². The molecule has 19 heavy (non-hydrogen) atoms. The number of carbonyl (C=O) groups excluding carboxylic acids is 1. The minimum atomic E-state index is -0.959. The van der Waals surface area contributed by atoms with Crippen molar-refractivity contribution in [2.24, 2.45) is 0 Å². The molecule has 0 unspecified atom stereocenters. The number of nitrogens with two attached hydrogens (primary N) is 1. The Labute approximate surface area is 109 Å². The van der Waals surface area contributed by atoms with Crippen molar-refractivity contribution in [3.63, 3.8) is 0 Å². The van der Waals surface area contributed by atoms with Crippen LogP contribution in [-0.4, -0.2) is 28.5 Å². The van der Waals surface area contributed by atoms with Gasteiger partial charge >= 0.3 is 5.97 Å². The second kappa shape index (κ2) is 5.34. The van der Waals surface area contributed by atoms with E-state index in [-0.39, 0.29) is 18.7 Å². The van der Waals surface area contributed by atoms with Crippen LogP contribution in [0.4, 0.5) is 5.69 Å². The molecule has 6 nitrogen and oxygen atoms in total. The molecule has 0 aliphatic heterocycles. The van der Waals surface area contributed by atoms with E-state index in [2.05, 4.69) is 10.3 Å². The van der Waals surface area contributed by atoms with Crippen LogP contribution in [0.1, 0.15) is 16.9 Å². The molecule has 98 valence electrons. The average Bonchev–Trinajstić information content (AvgIpc) is 2.37. The number of aliphatic carboxylic acids is 1. The Balaban J connectivity index is 2.24.